The number of aromatic nitrogens is 1. The van der Waals surface area contributed by atoms with E-state index in [4.69, 9.17) is 14.9 Å². The smallest absolute Gasteiger partial charge is 0.400 e. The Balaban J connectivity index is 1.98. The van der Waals surface area contributed by atoms with Gasteiger partial charge in [0.2, 0.25) is 0 Å². The minimum absolute atomic E-state index is 0.00396. The van der Waals surface area contributed by atoms with Crippen LogP contribution >= 0.6 is 0 Å². The highest BCUT2D eigenvalue weighted by Gasteiger charge is 2.12. The summed E-state index contributed by atoms with van der Waals surface area (Å²) in [5, 5.41) is 0. The zero-order valence-corrected chi connectivity index (χ0v) is 10.2. The molecule has 0 unspecified atom stereocenters. The summed E-state index contributed by atoms with van der Waals surface area (Å²) in [6.07, 6.45) is 0.00396. The van der Waals surface area contributed by atoms with Crippen molar-refractivity contribution < 1.29 is 13.5 Å². The zero-order chi connectivity index (χ0) is 13.4. The van der Waals surface area contributed by atoms with Crippen LogP contribution in [0.15, 0.2) is 40.8 Å². The van der Waals surface area contributed by atoms with E-state index in [1.807, 2.05) is 12.1 Å². The molecule has 0 aliphatic rings. The van der Waals surface area contributed by atoms with Gasteiger partial charge < -0.3 is 14.9 Å². The molecule has 0 aliphatic heterocycles. The minimum Gasteiger partial charge on any atom is -0.409 e. The number of rotatable bonds is 2. The van der Waals surface area contributed by atoms with Crippen molar-refractivity contribution in [1.29, 1.82) is 0 Å². The number of anilines is 1. The molecule has 3 aromatic rings. The first-order valence-electron chi connectivity index (χ1n) is 5.72. The molecule has 1 aromatic heterocycles. The van der Waals surface area contributed by atoms with Crippen molar-refractivity contribution in [2.24, 2.45) is 0 Å². The highest BCUT2D eigenvalue weighted by atomic mass is 19.1. The van der Waals surface area contributed by atoms with Crippen LogP contribution in [0.3, 0.4) is 0 Å². The summed E-state index contributed by atoms with van der Waals surface area (Å²) in [5.41, 5.74) is 7.96. The van der Waals surface area contributed by atoms with Crippen molar-refractivity contribution >= 4 is 16.8 Å². The van der Waals surface area contributed by atoms with Crippen molar-refractivity contribution in [1.82, 2.24) is 4.98 Å². The lowest BCUT2D eigenvalue weighted by Crippen LogP contribution is -1.94. The summed E-state index contributed by atoms with van der Waals surface area (Å²) in [5.74, 6) is -0.511. The maximum Gasteiger partial charge on any atom is 0.400 e. The number of hydrogen-bond donors (Lipinski definition) is 1. The number of oxazole rings is 1. The van der Waals surface area contributed by atoms with Gasteiger partial charge >= 0.3 is 6.08 Å². The molecule has 4 nitrogen and oxygen atoms in total. The highest BCUT2D eigenvalue weighted by Crippen LogP contribution is 2.29. The number of fused-ring (bicyclic) bond motifs is 1. The number of benzene rings is 2. The molecular weight excluding hydrogens is 247 g/mol. The van der Waals surface area contributed by atoms with E-state index in [1.165, 1.54) is 12.1 Å². The van der Waals surface area contributed by atoms with Gasteiger partial charge in [-0.2, -0.15) is 4.98 Å². The van der Waals surface area contributed by atoms with E-state index in [1.54, 1.807) is 19.1 Å². The van der Waals surface area contributed by atoms with Gasteiger partial charge in [0, 0.05) is 11.8 Å². The molecule has 0 saturated heterocycles. The first-order valence-corrected chi connectivity index (χ1v) is 5.72. The molecule has 2 N–H and O–H groups in total. The lowest BCUT2D eigenvalue weighted by Gasteiger charge is -2.05. The Morgan fingerprint density at radius 3 is 2.84 bits per heavy atom. The van der Waals surface area contributed by atoms with Crippen LogP contribution in [0.4, 0.5) is 10.1 Å². The van der Waals surface area contributed by atoms with Crippen LogP contribution in [0.25, 0.3) is 11.1 Å². The second kappa shape index (κ2) is 4.28. The molecule has 0 radical (unpaired) electrons. The SMILES string of the molecule is Cc1cc(Oc2nc3ccccc3o2)c(F)cc1N. The fourth-order valence-electron chi connectivity index (χ4n) is 1.74. The van der Waals surface area contributed by atoms with Crippen LogP contribution in [-0.2, 0) is 0 Å². The Labute approximate surface area is 108 Å². The topological polar surface area (TPSA) is 61.3 Å². The average Bonchev–Trinajstić information content (AvgIpc) is 2.78. The predicted molar refractivity (Wildman–Crippen MR) is 69.6 cm³/mol. The fraction of sp³-hybridized carbons (Fsp3) is 0.0714. The van der Waals surface area contributed by atoms with Crippen LogP contribution < -0.4 is 10.5 Å². The van der Waals surface area contributed by atoms with E-state index in [2.05, 4.69) is 4.98 Å². The summed E-state index contributed by atoms with van der Waals surface area (Å²) in [6.45, 7) is 1.77. The Kier molecular flexibility index (Phi) is 2.59. The molecule has 0 amide bonds. The Bertz CT molecular complexity index is 719. The predicted octanol–water partition coefficient (Wildman–Crippen LogP) is 3.65. The number of hydrogen-bond acceptors (Lipinski definition) is 4. The maximum absolute atomic E-state index is 13.7. The molecule has 96 valence electrons. The van der Waals surface area contributed by atoms with Crippen molar-refractivity contribution in [3.05, 3.63) is 47.8 Å². The van der Waals surface area contributed by atoms with Crippen LogP contribution in [0.1, 0.15) is 5.56 Å². The molecule has 0 aliphatic carbocycles. The molecule has 5 heteroatoms. The van der Waals surface area contributed by atoms with Crippen molar-refractivity contribution in [3.63, 3.8) is 0 Å². The summed E-state index contributed by atoms with van der Waals surface area (Å²) in [4.78, 5) is 4.11. The van der Waals surface area contributed by atoms with Crippen molar-refractivity contribution in [2.75, 3.05) is 5.73 Å². The van der Waals surface area contributed by atoms with Gasteiger partial charge in [-0.25, -0.2) is 4.39 Å². The van der Waals surface area contributed by atoms with Gasteiger partial charge in [0.25, 0.3) is 0 Å². The van der Waals surface area contributed by atoms with Crippen molar-refractivity contribution in [2.45, 2.75) is 6.92 Å². The second-order valence-corrected chi connectivity index (χ2v) is 4.19. The average molecular weight is 258 g/mol. The molecule has 0 saturated carbocycles. The molecular formula is C14H11FN2O2. The van der Waals surface area contributed by atoms with Crippen molar-refractivity contribution in [3.8, 4) is 11.8 Å². The number of ether oxygens (including phenoxy) is 1. The largest absolute Gasteiger partial charge is 0.409 e. The molecule has 0 fully saturated rings. The molecule has 3 rings (SSSR count). The number of nitrogens with zero attached hydrogens (tertiary/aromatic N) is 1. The van der Waals surface area contributed by atoms with Gasteiger partial charge in [0.1, 0.15) is 5.52 Å². The quantitative estimate of drug-likeness (QED) is 0.713. The van der Waals surface area contributed by atoms with Gasteiger partial charge in [0.15, 0.2) is 17.1 Å². The maximum atomic E-state index is 13.7. The highest BCUT2D eigenvalue weighted by molar-refractivity contribution is 5.72. The van der Waals surface area contributed by atoms with Crippen LogP contribution in [0.2, 0.25) is 0 Å². The molecule has 0 spiro atoms. The summed E-state index contributed by atoms with van der Waals surface area (Å²) in [7, 11) is 0. The molecule has 1 heterocycles. The molecule has 2 aromatic carbocycles. The third-order valence-electron chi connectivity index (χ3n) is 2.79. The Morgan fingerprint density at radius 2 is 2.05 bits per heavy atom. The summed E-state index contributed by atoms with van der Waals surface area (Å²) < 4.78 is 24.4. The van der Waals surface area contributed by atoms with Crippen LogP contribution in [-0.4, -0.2) is 4.98 Å². The number of halogens is 1. The first-order chi connectivity index (χ1) is 9.13. The summed E-state index contributed by atoms with van der Waals surface area (Å²) in [6, 6.07) is 9.94. The summed E-state index contributed by atoms with van der Waals surface area (Å²) >= 11 is 0. The van der Waals surface area contributed by atoms with Gasteiger partial charge in [-0.3, -0.25) is 0 Å². The number of aryl methyl sites for hydroxylation is 1. The fourth-order valence-corrected chi connectivity index (χ4v) is 1.74. The second-order valence-electron chi connectivity index (χ2n) is 4.19. The monoisotopic (exact) mass is 258 g/mol. The van der Waals surface area contributed by atoms with Gasteiger partial charge in [-0.05, 0) is 30.7 Å². The molecule has 19 heavy (non-hydrogen) atoms. The first kappa shape index (κ1) is 11.5. The van der Waals surface area contributed by atoms with Gasteiger partial charge in [-0.1, -0.05) is 12.1 Å². The third-order valence-corrected chi connectivity index (χ3v) is 2.79. The van der Waals surface area contributed by atoms with E-state index < -0.39 is 5.82 Å². The lowest BCUT2D eigenvalue weighted by atomic mass is 10.2. The van der Waals surface area contributed by atoms with E-state index >= 15 is 0 Å². The third kappa shape index (κ3) is 2.10. The zero-order valence-electron chi connectivity index (χ0n) is 10.2. The van der Waals surface area contributed by atoms with E-state index in [0.717, 1.165) is 5.56 Å². The molecule has 0 bridgehead atoms. The van der Waals surface area contributed by atoms with E-state index in [-0.39, 0.29) is 11.8 Å². The van der Waals surface area contributed by atoms with Gasteiger partial charge in [-0.15, -0.1) is 0 Å². The van der Waals surface area contributed by atoms with Gasteiger partial charge in [0.05, 0.1) is 0 Å². The Morgan fingerprint density at radius 1 is 1.26 bits per heavy atom. The van der Waals surface area contributed by atoms with Crippen LogP contribution in [0.5, 0.6) is 11.8 Å². The minimum atomic E-state index is -0.551. The molecule has 0 atom stereocenters. The standard InChI is InChI=1S/C14H11FN2O2/c1-8-6-13(9(15)7-10(8)16)19-14-17-11-4-2-3-5-12(11)18-14/h2-7H,16H2,1H3. The number of para-hydroxylation sites is 2. The van der Waals surface area contributed by atoms with E-state index in [0.29, 0.717) is 16.8 Å². The number of nitrogen functional groups attached to an aromatic ring is 1. The number of nitrogens with two attached hydrogens (primary N) is 1. The van der Waals surface area contributed by atoms with E-state index in [9.17, 15) is 4.39 Å². The van der Waals surface area contributed by atoms with Crippen LogP contribution in [0, 0.1) is 12.7 Å². The normalized spacial score (nSPS) is 10.8. The lowest BCUT2D eigenvalue weighted by molar-refractivity contribution is 0.329. The Hall–Kier alpha value is -2.56.